The second kappa shape index (κ2) is 5.48. The Morgan fingerprint density at radius 3 is 2.56 bits per heavy atom. The van der Waals surface area contributed by atoms with E-state index in [0.717, 1.165) is 28.7 Å². The standard InChI is InChI=1S/C12H11I2NO/c13-8-9-2-1-7-15(12(9)16)11-5-3-10(14)4-6-11/h2-6H,1,7-8H2. The van der Waals surface area contributed by atoms with Crippen LogP contribution in [0.3, 0.4) is 0 Å². The van der Waals surface area contributed by atoms with Crippen LogP contribution >= 0.6 is 45.2 Å². The second-order valence-electron chi connectivity index (χ2n) is 3.58. The summed E-state index contributed by atoms with van der Waals surface area (Å²) in [6.45, 7) is 0.791. The zero-order chi connectivity index (χ0) is 11.5. The van der Waals surface area contributed by atoms with E-state index in [2.05, 4.69) is 51.3 Å². The molecule has 0 saturated carbocycles. The van der Waals surface area contributed by atoms with Crippen molar-refractivity contribution in [1.29, 1.82) is 0 Å². The molecular weight excluding hydrogens is 428 g/mol. The number of amides is 1. The van der Waals surface area contributed by atoms with Gasteiger partial charge in [0.2, 0.25) is 0 Å². The van der Waals surface area contributed by atoms with Crippen molar-refractivity contribution >= 4 is 56.8 Å². The number of alkyl halides is 1. The lowest BCUT2D eigenvalue weighted by molar-refractivity contribution is -0.115. The molecule has 4 heteroatoms. The Labute approximate surface area is 122 Å². The molecule has 1 aromatic rings. The average molecular weight is 439 g/mol. The van der Waals surface area contributed by atoms with E-state index in [9.17, 15) is 4.79 Å². The zero-order valence-corrected chi connectivity index (χ0v) is 12.9. The van der Waals surface area contributed by atoms with E-state index in [1.54, 1.807) is 0 Å². The maximum absolute atomic E-state index is 12.1. The van der Waals surface area contributed by atoms with Crippen LogP contribution in [0, 0.1) is 3.57 Å². The molecular formula is C12H11I2NO. The van der Waals surface area contributed by atoms with E-state index < -0.39 is 0 Å². The van der Waals surface area contributed by atoms with Crippen LogP contribution in [-0.2, 0) is 4.79 Å². The normalized spacial score (nSPS) is 16.2. The van der Waals surface area contributed by atoms with Crippen LogP contribution in [0.15, 0.2) is 35.9 Å². The lowest BCUT2D eigenvalue weighted by atomic mass is 10.1. The van der Waals surface area contributed by atoms with Gasteiger partial charge in [0.15, 0.2) is 0 Å². The first-order valence-corrected chi connectivity index (χ1v) is 7.65. The van der Waals surface area contributed by atoms with Crippen LogP contribution in [0.2, 0.25) is 0 Å². The van der Waals surface area contributed by atoms with Gasteiger partial charge in [-0.1, -0.05) is 28.7 Å². The van der Waals surface area contributed by atoms with Crippen LogP contribution in [-0.4, -0.2) is 16.9 Å². The largest absolute Gasteiger partial charge is 0.308 e. The highest BCUT2D eigenvalue weighted by Gasteiger charge is 2.21. The third kappa shape index (κ3) is 2.58. The second-order valence-corrected chi connectivity index (χ2v) is 5.59. The summed E-state index contributed by atoms with van der Waals surface area (Å²) in [7, 11) is 0. The van der Waals surface area contributed by atoms with E-state index in [1.807, 2.05) is 29.2 Å². The average Bonchev–Trinajstić information content (AvgIpc) is 2.31. The molecule has 0 radical (unpaired) electrons. The van der Waals surface area contributed by atoms with E-state index in [0.29, 0.717) is 0 Å². The monoisotopic (exact) mass is 439 g/mol. The van der Waals surface area contributed by atoms with Crippen molar-refractivity contribution in [3.63, 3.8) is 0 Å². The molecule has 1 amide bonds. The van der Waals surface area contributed by atoms with Gasteiger partial charge in [0.1, 0.15) is 0 Å². The Morgan fingerprint density at radius 2 is 1.94 bits per heavy atom. The predicted octanol–water partition coefficient (Wildman–Crippen LogP) is 3.39. The molecule has 0 N–H and O–H groups in total. The fourth-order valence-corrected chi connectivity index (χ4v) is 2.71. The number of rotatable bonds is 2. The molecule has 0 aromatic heterocycles. The molecule has 2 rings (SSSR count). The molecule has 1 heterocycles. The van der Waals surface area contributed by atoms with Gasteiger partial charge in [-0.05, 0) is 53.3 Å². The van der Waals surface area contributed by atoms with Crippen molar-refractivity contribution in [2.24, 2.45) is 0 Å². The minimum atomic E-state index is 0.154. The number of benzene rings is 1. The van der Waals surface area contributed by atoms with E-state index in [4.69, 9.17) is 0 Å². The summed E-state index contributed by atoms with van der Waals surface area (Å²) in [6, 6.07) is 8.09. The van der Waals surface area contributed by atoms with Crippen LogP contribution < -0.4 is 4.90 Å². The zero-order valence-electron chi connectivity index (χ0n) is 8.62. The smallest absolute Gasteiger partial charge is 0.254 e. The fraction of sp³-hybridized carbons (Fsp3) is 0.250. The third-order valence-electron chi connectivity index (χ3n) is 2.55. The van der Waals surface area contributed by atoms with Crippen molar-refractivity contribution in [2.45, 2.75) is 6.42 Å². The first-order valence-electron chi connectivity index (χ1n) is 5.05. The summed E-state index contributed by atoms with van der Waals surface area (Å²) in [5.41, 5.74) is 1.92. The number of halogens is 2. The number of anilines is 1. The number of carbonyl (C=O) groups excluding carboxylic acids is 1. The lowest BCUT2D eigenvalue weighted by Gasteiger charge is -2.26. The molecule has 0 spiro atoms. The van der Waals surface area contributed by atoms with Crippen LogP contribution in [0.25, 0.3) is 0 Å². The van der Waals surface area contributed by atoms with Gasteiger partial charge in [-0.2, -0.15) is 0 Å². The number of hydrogen-bond donors (Lipinski definition) is 0. The molecule has 84 valence electrons. The van der Waals surface area contributed by atoms with Gasteiger partial charge in [0.25, 0.3) is 5.91 Å². The Balaban J connectivity index is 2.26. The molecule has 2 nitrogen and oxygen atoms in total. The minimum absolute atomic E-state index is 0.154. The summed E-state index contributed by atoms with van der Waals surface area (Å²) in [4.78, 5) is 14.0. The molecule has 16 heavy (non-hydrogen) atoms. The van der Waals surface area contributed by atoms with Gasteiger partial charge in [0, 0.05) is 25.8 Å². The van der Waals surface area contributed by atoms with Crippen molar-refractivity contribution < 1.29 is 4.79 Å². The summed E-state index contributed by atoms with van der Waals surface area (Å²) in [5, 5.41) is 0. The Kier molecular flexibility index (Phi) is 4.23. The Hall–Kier alpha value is -0.110. The van der Waals surface area contributed by atoms with Crippen LogP contribution in [0.5, 0.6) is 0 Å². The minimum Gasteiger partial charge on any atom is -0.308 e. The van der Waals surface area contributed by atoms with Gasteiger partial charge in [-0.3, -0.25) is 4.79 Å². The highest BCUT2D eigenvalue weighted by Crippen LogP contribution is 2.22. The Bertz CT molecular complexity index is 425. The Morgan fingerprint density at radius 1 is 1.25 bits per heavy atom. The van der Waals surface area contributed by atoms with Gasteiger partial charge < -0.3 is 4.90 Å². The van der Waals surface area contributed by atoms with Crippen LogP contribution in [0.4, 0.5) is 5.69 Å². The van der Waals surface area contributed by atoms with Gasteiger partial charge >= 0.3 is 0 Å². The molecule has 0 bridgehead atoms. The highest BCUT2D eigenvalue weighted by atomic mass is 127. The maximum atomic E-state index is 12.1. The quantitative estimate of drug-likeness (QED) is 0.512. The fourth-order valence-electron chi connectivity index (χ4n) is 1.71. The summed E-state index contributed by atoms with van der Waals surface area (Å²) in [6.07, 6.45) is 3.01. The molecule has 0 unspecified atom stereocenters. The van der Waals surface area contributed by atoms with Gasteiger partial charge in [-0.25, -0.2) is 0 Å². The molecule has 0 atom stereocenters. The first kappa shape index (κ1) is 12.3. The van der Waals surface area contributed by atoms with E-state index >= 15 is 0 Å². The molecule has 0 saturated heterocycles. The van der Waals surface area contributed by atoms with E-state index in [-0.39, 0.29) is 5.91 Å². The summed E-state index contributed by atoms with van der Waals surface area (Å²) < 4.78 is 1.98. The van der Waals surface area contributed by atoms with Gasteiger partial charge in [-0.15, -0.1) is 0 Å². The molecule has 1 aromatic carbocycles. The van der Waals surface area contributed by atoms with Crippen molar-refractivity contribution in [3.8, 4) is 0 Å². The predicted molar refractivity (Wildman–Crippen MR) is 83.1 cm³/mol. The summed E-state index contributed by atoms with van der Waals surface area (Å²) in [5.74, 6) is 0.154. The van der Waals surface area contributed by atoms with E-state index in [1.165, 1.54) is 3.57 Å². The van der Waals surface area contributed by atoms with Crippen molar-refractivity contribution in [2.75, 3.05) is 15.9 Å². The van der Waals surface area contributed by atoms with Crippen molar-refractivity contribution in [1.82, 2.24) is 0 Å². The topological polar surface area (TPSA) is 20.3 Å². The summed E-state index contributed by atoms with van der Waals surface area (Å²) >= 11 is 4.51. The third-order valence-corrected chi connectivity index (χ3v) is 4.09. The number of nitrogens with zero attached hydrogens (tertiary/aromatic N) is 1. The SMILES string of the molecule is O=C1C(CI)=CCCN1c1ccc(I)cc1. The molecule has 0 aliphatic carbocycles. The number of carbonyl (C=O) groups is 1. The molecule has 0 fully saturated rings. The molecule has 1 aliphatic rings. The van der Waals surface area contributed by atoms with Crippen molar-refractivity contribution in [3.05, 3.63) is 39.5 Å². The lowest BCUT2D eigenvalue weighted by Crippen LogP contribution is -2.36. The first-order chi connectivity index (χ1) is 7.72. The highest BCUT2D eigenvalue weighted by molar-refractivity contribution is 14.1. The molecule has 1 aliphatic heterocycles. The number of hydrogen-bond acceptors (Lipinski definition) is 1. The maximum Gasteiger partial charge on any atom is 0.254 e. The van der Waals surface area contributed by atoms with Gasteiger partial charge in [0.05, 0.1) is 0 Å². The van der Waals surface area contributed by atoms with Crippen LogP contribution in [0.1, 0.15) is 6.42 Å².